The van der Waals surface area contributed by atoms with E-state index in [0.717, 1.165) is 25.7 Å². The van der Waals surface area contributed by atoms with Gasteiger partial charge in [0, 0.05) is 24.7 Å². The first-order valence-electron chi connectivity index (χ1n) is 9.83. The zero-order chi connectivity index (χ0) is 20.1. The van der Waals surface area contributed by atoms with Crippen LogP contribution in [0.4, 0.5) is 0 Å². The van der Waals surface area contributed by atoms with Crippen LogP contribution in [-0.4, -0.2) is 37.8 Å². The summed E-state index contributed by atoms with van der Waals surface area (Å²) >= 11 is 0. The highest BCUT2D eigenvalue weighted by atomic mass is 32.2. The lowest BCUT2D eigenvalue weighted by Gasteiger charge is -2.18. The second-order valence-corrected chi connectivity index (χ2v) is 9.40. The zero-order valence-electron chi connectivity index (χ0n) is 16.5. The van der Waals surface area contributed by atoms with Crippen molar-refractivity contribution in [1.29, 1.82) is 0 Å². The van der Waals surface area contributed by atoms with E-state index in [1.54, 1.807) is 19.1 Å². The van der Waals surface area contributed by atoms with Crippen LogP contribution in [0.15, 0.2) is 53.4 Å². The van der Waals surface area contributed by atoms with Crippen molar-refractivity contribution in [1.82, 2.24) is 9.62 Å². The minimum absolute atomic E-state index is 0.00681. The Morgan fingerprint density at radius 1 is 1.11 bits per heavy atom. The van der Waals surface area contributed by atoms with Gasteiger partial charge in [0.2, 0.25) is 10.0 Å². The maximum absolute atomic E-state index is 12.9. The fourth-order valence-electron chi connectivity index (χ4n) is 3.49. The van der Waals surface area contributed by atoms with Gasteiger partial charge in [-0.15, -0.1) is 0 Å². The Labute approximate surface area is 167 Å². The minimum atomic E-state index is -3.55. The van der Waals surface area contributed by atoms with E-state index in [9.17, 15) is 13.2 Å². The molecular formula is C22H28N2O3S. The number of hydrogen-bond donors (Lipinski definition) is 1. The molecule has 1 aliphatic rings. The van der Waals surface area contributed by atoms with E-state index in [1.807, 2.05) is 25.1 Å². The molecule has 2 aromatic carbocycles. The van der Waals surface area contributed by atoms with Crippen molar-refractivity contribution in [3.8, 4) is 0 Å². The summed E-state index contributed by atoms with van der Waals surface area (Å²) in [5.41, 5.74) is 2.29. The summed E-state index contributed by atoms with van der Waals surface area (Å²) in [6, 6.07) is 15.1. The number of nitrogens with one attached hydrogen (secondary N) is 1. The molecule has 1 heterocycles. The van der Waals surface area contributed by atoms with Gasteiger partial charge in [-0.2, -0.15) is 4.31 Å². The summed E-state index contributed by atoms with van der Waals surface area (Å²) in [6.07, 6.45) is 3.47. The molecule has 0 saturated carbocycles. The lowest BCUT2D eigenvalue weighted by atomic mass is 10.1. The molecule has 1 amide bonds. The molecule has 28 heavy (non-hydrogen) atoms. The van der Waals surface area contributed by atoms with Crippen LogP contribution in [0.3, 0.4) is 0 Å². The molecule has 0 bridgehead atoms. The SMILES string of the molecule is Cc1ccc(C(=O)N[C@H](C)CCc2ccccc2)cc1S(=O)(=O)N1CCCC1. The fourth-order valence-corrected chi connectivity index (χ4v) is 5.26. The summed E-state index contributed by atoms with van der Waals surface area (Å²) in [5, 5.41) is 2.99. The monoisotopic (exact) mass is 400 g/mol. The molecule has 0 aliphatic carbocycles. The van der Waals surface area contributed by atoms with Crippen LogP contribution in [-0.2, 0) is 16.4 Å². The molecule has 2 aromatic rings. The minimum Gasteiger partial charge on any atom is -0.350 e. The topological polar surface area (TPSA) is 66.5 Å². The van der Waals surface area contributed by atoms with Gasteiger partial charge >= 0.3 is 0 Å². The van der Waals surface area contributed by atoms with Gasteiger partial charge in [-0.1, -0.05) is 36.4 Å². The Morgan fingerprint density at radius 3 is 2.46 bits per heavy atom. The van der Waals surface area contributed by atoms with Gasteiger partial charge in [0.05, 0.1) is 4.90 Å². The van der Waals surface area contributed by atoms with Gasteiger partial charge in [-0.25, -0.2) is 8.42 Å². The number of carbonyl (C=O) groups is 1. The smallest absolute Gasteiger partial charge is 0.251 e. The number of rotatable bonds is 7. The number of benzene rings is 2. The highest BCUT2D eigenvalue weighted by Crippen LogP contribution is 2.24. The lowest BCUT2D eigenvalue weighted by molar-refractivity contribution is 0.0938. The van der Waals surface area contributed by atoms with Crippen molar-refractivity contribution in [2.24, 2.45) is 0 Å². The standard InChI is InChI=1S/C22H28N2O3S/c1-17-10-13-20(16-21(17)28(26,27)24-14-6-7-15-24)22(25)23-18(2)11-12-19-8-4-3-5-9-19/h3-5,8-10,13,16,18H,6-7,11-12,14-15H2,1-2H3,(H,23,25)/t18-/m1/s1. The van der Waals surface area contributed by atoms with Gasteiger partial charge < -0.3 is 5.32 Å². The van der Waals surface area contributed by atoms with Crippen molar-refractivity contribution in [3.05, 3.63) is 65.2 Å². The molecule has 1 N–H and O–H groups in total. The Kier molecular flexibility index (Phi) is 6.52. The molecule has 6 heteroatoms. The van der Waals surface area contributed by atoms with E-state index >= 15 is 0 Å². The van der Waals surface area contributed by atoms with Crippen LogP contribution in [0.1, 0.15) is 47.7 Å². The first-order valence-corrected chi connectivity index (χ1v) is 11.3. The van der Waals surface area contributed by atoms with E-state index < -0.39 is 10.0 Å². The normalized spacial score (nSPS) is 16.1. The average Bonchev–Trinajstić information content (AvgIpc) is 3.23. The van der Waals surface area contributed by atoms with Gasteiger partial charge in [-0.3, -0.25) is 4.79 Å². The first-order chi connectivity index (χ1) is 13.4. The number of sulfonamides is 1. The Morgan fingerprint density at radius 2 is 1.79 bits per heavy atom. The van der Waals surface area contributed by atoms with Crippen LogP contribution in [0.2, 0.25) is 0 Å². The molecule has 1 saturated heterocycles. The third kappa shape index (κ3) is 4.80. The molecule has 1 fully saturated rings. The average molecular weight is 401 g/mol. The molecule has 0 unspecified atom stereocenters. The fraction of sp³-hybridized carbons (Fsp3) is 0.409. The number of amides is 1. The molecule has 0 aromatic heterocycles. The number of nitrogens with zero attached hydrogens (tertiary/aromatic N) is 1. The number of carbonyl (C=O) groups excluding carboxylic acids is 1. The molecule has 0 spiro atoms. The summed E-state index contributed by atoms with van der Waals surface area (Å²) in [5.74, 6) is -0.238. The van der Waals surface area contributed by atoms with Crippen molar-refractivity contribution in [2.75, 3.05) is 13.1 Å². The Hall–Kier alpha value is -2.18. The molecule has 1 aliphatic heterocycles. The van der Waals surface area contributed by atoms with Crippen LogP contribution in [0, 0.1) is 6.92 Å². The van der Waals surface area contributed by atoms with Crippen molar-refractivity contribution in [2.45, 2.75) is 50.5 Å². The van der Waals surface area contributed by atoms with Crippen molar-refractivity contribution >= 4 is 15.9 Å². The van der Waals surface area contributed by atoms with Crippen molar-refractivity contribution < 1.29 is 13.2 Å². The largest absolute Gasteiger partial charge is 0.350 e. The maximum atomic E-state index is 12.9. The summed E-state index contributed by atoms with van der Waals surface area (Å²) < 4.78 is 27.3. The van der Waals surface area contributed by atoms with E-state index in [-0.39, 0.29) is 16.8 Å². The van der Waals surface area contributed by atoms with Crippen LogP contribution >= 0.6 is 0 Å². The summed E-state index contributed by atoms with van der Waals surface area (Å²) in [6.45, 7) is 4.84. The first kappa shape index (κ1) is 20.6. The molecule has 1 atom stereocenters. The van der Waals surface area contributed by atoms with E-state index in [0.29, 0.717) is 24.2 Å². The van der Waals surface area contributed by atoms with Crippen molar-refractivity contribution in [3.63, 3.8) is 0 Å². The molecule has 3 rings (SSSR count). The zero-order valence-corrected chi connectivity index (χ0v) is 17.3. The maximum Gasteiger partial charge on any atom is 0.251 e. The third-order valence-electron chi connectivity index (χ3n) is 5.22. The summed E-state index contributed by atoms with van der Waals surface area (Å²) in [4.78, 5) is 12.9. The quantitative estimate of drug-likeness (QED) is 0.773. The summed E-state index contributed by atoms with van der Waals surface area (Å²) in [7, 11) is -3.55. The second kappa shape index (κ2) is 8.88. The molecule has 150 valence electrons. The van der Waals surface area contributed by atoms with Gasteiger partial charge in [-0.05, 0) is 62.8 Å². The van der Waals surface area contributed by atoms with Gasteiger partial charge in [0.25, 0.3) is 5.91 Å². The highest BCUT2D eigenvalue weighted by Gasteiger charge is 2.29. The van der Waals surface area contributed by atoms with Crippen LogP contribution in [0.5, 0.6) is 0 Å². The number of hydrogen-bond acceptors (Lipinski definition) is 3. The van der Waals surface area contributed by atoms with Gasteiger partial charge in [0.1, 0.15) is 0 Å². The third-order valence-corrected chi connectivity index (χ3v) is 7.26. The molecular weight excluding hydrogens is 372 g/mol. The predicted octanol–water partition coefficient (Wildman–Crippen LogP) is 3.53. The van der Waals surface area contributed by atoms with Crippen LogP contribution in [0.25, 0.3) is 0 Å². The second-order valence-electron chi connectivity index (χ2n) is 7.49. The van der Waals surface area contributed by atoms with E-state index in [2.05, 4.69) is 17.4 Å². The van der Waals surface area contributed by atoms with E-state index in [1.165, 1.54) is 15.9 Å². The lowest BCUT2D eigenvalue weighted by Crippen LogP contribution is -2.33. The van der Waals surface area contributed by atoms with Gasteiger partial charge in [0.15, 0.2) is 0 Å². The Balaban J connectivity index is 1.68. The van der Waals surface area contributed by atoms with Crippen LogP contribution < -0.4 is 5.32 Å². The Bertz CT molecular complexity index is 920. The highest BCUT2D eigenvalue weighted by molar-refractivity contribution is 7.89. The van der Waals surface area contributed by atoms with E-state index in [4.69, 9.17) is 0 Å². The molecule has 5 nitrogen and oxygen atoms in total. The predicted molar refractivity (Wildman–Crippen MR) is 111 cm³/mol. The number of aryl methyl sites for hydroxylation is 2. The molecule has 0 radical (unpaired) electrons.